The largest absolute Gasteiger partial charge is 0.497 e. The lowest BCUT2D eigenvalue weighted by molar-refractivity contribution is -0.113. The minimum atomic E-state index is -0.171. The number of hydrogen-bond donors (Lipinski definition) is 1. The lowest BCUT2D eigenvalue weighted by Crippen LogP contribution is -2.14. The van der Waals surface area contributed by atoms with Gasteiger partial charge >= 0.3 is 0 Å². The lowest BCUT2D eigenvalue weighted by Gasteiger charge is -2.07. The van der Waals surface area contributed by atoms with E-state index in [0.29, 0.717) is 22.8 Å². The first kappa shape index (κ1) is 20.6. The zero-order chi connectivity index (χ0) is 20.8. The highest BCUT2D eigenvalue weighted by atomic mass is 32.2. The molecule has 0 radical (unpaired) electrons. The van der Waals surface area contributed by atoms with Crippen LogP contribution in [0, 0.1) is 0 Å². The number of Topliss-reactive ketones (excluding diaryl/α,β-unsaturated/α-hetero) is 1. The maximum atomic E-state index is 12.3. The van der Waals surface area contributed by atoms with Crippen LogP contribution in [0.25, 0.3) is 0 Å². The fourth-order valence-corrected chi connectivity index (χ4v) is 3.42. The Hall–Kier alpha value is -3.13. The molecular weight excluding hydrogens is 388 g/mol. The number of ketones is 1. The van der Waals surface area contributed by atoms with Gasteiger partial charge in [-0.25, -0.2) is 0 Å². The molecule has 8 heteroatoms. The molecule has 0 bridgehead atoms. The molecule has 7 nitrogen and oxygen atoms in total. The number of thioether (sulfide) groups is 1. The fourth-order valence-electron chi connectivity index (χ4n) is 2.69. The number of methoxy groups -OCH3 is 1. The van der Waals surface area contributed by atoms with Crippen LogP contribution in [0.15, 0.2) is 53.7 Å². The number of carbonyl (C=O) groups is 2. The second-order valence-corrected chi connectivity index (χ2v) is 7.40. The van der Waals surface area contributed by atoms with Gasteiger partial charge in [0.05, 0.1) is 12.9 Å². The van der Waals surface area contributed by atoms with Gasteiger partial charge in [-0.1, -0.05) is 36.0 Å². The molecule has 0 atom stereocenters. The topological polar surface area (TPSA) is 86.1 Å². The van der Waals surface area contributed by atoms with Crippen LogP contribution in [0.1, 0.15) is 28.7 Å². The summed E-state index contributed by atoms with van der Waals surface area (Å²) in [5.41, 5.74) is 2.26. The van der Waals surface area contributed by atoms with Crippen molar-refractivity contribution in [1.29, 1.82) is 0 Å². The van der Waals surface area contributed by atoms with Gasteiger partial charge in [-0.15, -0.1) is 10.2 Å². The van der Waals surface area contributed by atoms with Crippen LogP contribution in [0.4, 0.5) is 5.69 Å². The molecule has 0 spiro atoms. The third-order valence-electron chi connectivity index (χ3n) is 4.33. The third kappa shape index (κ3) is 5.45. The molecule has 2 aromatic carbocycles. The smallest absolute Gasteiger partial charge is 0.234 e. The van der Waals surface area contributed by atoms with Gasteiger partial charge in [0.2, 0.25) is 5.91 Å². The summed E-state index contributed by atoms with van der Waals surface area (Å²) in [7, 11) is 3.52. The summed E-state index contributed by atoms with van der Waals surface area (Å²) >= 11 is 1.31. The van der Waals surface area contributed by atoms with E-state index in [1.165, 1.54) is 18.7 Å². The van der Waals surface area contributed by atoms with Crippen molar-refractivity contribution in [2.45, 2.75) is 18.5 Å². The number of anilines is 1. The van der Waals surface area contributed by atoms with Crippen molar-refractivity contribution >= 4 is 29.1 Å². The zero-order valence-electron chi connectivity index (χ0n) is 16.5. The van der Waals surface area contributed by atoms with E-state index >= 15 is 0 Å². The normalized spacial score (nSPS) is 10.6. The molecular formula is C21H22N4O3S. The van der Waals surface area contributed by atoms with E-state index in [-0.39, 0.29) is 17.4 Å². The quantitative estimate of drug-likeness (QED) is 0.453. The molecule has 29 heavy (non-hydrogen) atoms. The zero-order valence-corrected chi connectivity index (χ0v) is 17.3. The number of ether oxygens (including phenoxy) is 1. The molecule has 0 fully saturated rings. The first-order chi connectivity index (χ1) is 14.0. The average molecular weight is 410 g/mol. The summed E-state index contributed by atoms with van der Waals surface area (Å²) in [6, 6.07) is 14.7. The van der Waals surface area contributed by atoms with Crippen LogP contribution in [0.3, 0.4) is 0 Å². The van der Waals surface area contributed by atoms with Gasteiger partial charge in [-0.05, 0) is 36.8 Å². The highest BCUT2D eigenvalue weighted by Crippen LogP contribution is 2.19. The molecule has 3 rings (SSSR count). The van der Waals surface area contributed by atoms with E-state index in [0.717, 1.165) is 17.1 Å². The predicted molar refractivity (Wildman–Crippen MR) is 113 cm³/mol. The second kappa shape index (κ2) is 9.38. The van der Waals surface area contributed by atoms with Crippen molar-refractivity contribution in [2.24, 2.45) is 7.05 Å². The highest BCUT2D eigenvalue weighted by molar-refractivity contribution is 7.99. The van der Waals surface area contributed by atoms with Crippen LogP contribution in [-0.4, -0.2) is 39.3 Å². The SMILES string of the molecule is COc1ccc(Cc2nnc(SCC(=O)Nc3cccc(C(C)=O)c3)n2C)cc1. The fraction of sp³-hybridized carbons (Fsp3) is 0.238. The summed E-state index contributed by atoms with van der Waals surface area (Å²) in [5.74, 6) is 1.60. The van der Waals surface area contributed by atoms with E-state index < -0.39 is 0 Å². The first-order valence-electron chi connectivity index (χ1n) is 9.01. The molecule has 0 aliphatic carbocycles. The number of nitrogens with one attached hydrogen (secondary N) is 1. The average Bonchev–Trinajstić information content (AvgIpc) is 3.06. The maximum absolute atomic E-state index is 12.3. The number of benzene rings is 2. The van der Waals surface area contributed by atoms with Crippen LogP contribution in [0.2, 0.25) is 0 Å². The van der Waals surface area contributed by atoms with Crippen LogP contribution in [-0.2, 0) is 18.3 Å². The number of carbonyl (C=O) groups excluding carboxylic acids is 2. The lowest BCUT2D eigenvalue weighted by atomic mass is 10.1. The molecule has 3 aromatic rings. The van der Waals surface area contributed by atoms with Gasteiger partial charge in [-0.3, -0.25) is 9.59 Å². The van der Waals surface area contributed by atoms with E-state index in [9.17, 15) is 9.59 Å². The molecule has 1 N–H and O–H groups in total. The van der Waals surface area contributed by atoms with Crippen LogP contribution in [0.5, 0.6) is 5.75 Å². The van der Waals surface area contributed by atoms with Gasteiger partial charge in [0, 0.05) is 24.7 Å². The summed E-state index contributed by atoms with van der Waals surface area (Å²) in [5, 5.41) is 11.9. The molecule has 0 unspecified atom stereocenters. The Morgan fingerprint density at radius 2 is 1.90 bits per heavy atom. The molecule has 0 aliphatic heterocycles. The van der Waals surface area contributed by atoms with E-state index in [2.05, 4.69) is 15.5 Å². The Kier molecular flexibility index (Phi) is 6.66. The molecule has 0 aliphatic rings. The van der Waals surface area contributed by atoms with Crippen molar-refractivity contribution in [2.75, 3.05) is 18.2 Å². The standard InChI is InChI=1S/C21H22N4O3S/c1-14(26)16-5-4-6-17(12-16)22-20(27)13-29-21-24-23-19(25(21)2)11-15-7-9-18(28-3)10-8-15/h4-10,12H,11,13H2,1-3H3,(H,22,27). The number of amides is 1. The Morgan fingerprint density at radius 1 is 1.14 bits per heavy atom. The Labute approximate surface area is 173 Å². The Balaban J connectivity index is 1.57. The number of aromatic nitrogens is 3. The Morgan fingerprint density at radius 3 is 2.59 bits per heavy atom. The number of rotatable bonds is 8. The molecule has 1 amide bonds. The summed E-state index contributed by atoms with van der Waals surface area (Å²) in [4.78, 5) is 23.7. The molecule has 0 saturated carbocycles. The number of nitrogens with zero attached hydrogens (tertiary/aromatic N) is 3. The van der Waals surface area contributed by atoms with E-state index in [1.54, 1.807) is 31.4 Å². The van der Waals surface area contributed by atoms with E-state index in [4.69, 9.17) is 4.74 Å². The van der Waals surface area contributed by atoms with Gasteiger partial charge in [0.15, 0.2) is 10.9 Å². The maximum Gasteiger partial charge on any atom is 0.234 e. The molecule has 150 valence electrons. The molecule has 1 heterocycles. The van der Waals surface area contributed by atoms with Gasteiger partial charge < -0.3 is 14.6 Å². The summed E-state index contributed by atoms with van der Waals surface area (Å²) in [6.45, 7) is 1.49. The van der Waals surface area contributed by atoms with Crippen molar-refractivity contribution in [3.63, 3.8) is 0 Å². The summed E-state index contributed by atoms with van der Waals surface area (Å²) in [6.07, 6.45) is 0.637. The minimum absolute atomic E-state index is 0.0426. The Bertz CT molecular complexity index is 1020. The van der Waals surface area contributed by atoms with Crippen molar-refractivity contribution < 1.29 is 14.3 Å². The third-order valence-corrected chi connectivity index (χ3v) is 5.35. The molecule has 0 saturated heterocycles. The van der Waals surface area contributed by atoms with Gasteiger partial charge in [0.1, 0.15) is 11.6 Å². The van der Waals surface area contributed by atoms with Gasteiger partial charge in [-0.2, -0.15) is 0 Å². The van der Waals surface area contributed by atoms with E-state index in [1.807, 2.05) is 35.9 Å². The number of hydrogen-bond acceptors (Lipinski definition) is 6. The highest BCUT2D eigenvalue weighted by Gasteiger charge is 2.12. The minimum Gasteiger partial charge on any atom is -0.497 e. The van der Waals surface area contributed by atoms with Crippen molar-refractivity contribution in [3.05, 3.63) is 65.5 Å². The second-order valence-electron chi connectivity index (χ2n) is 6.46. The monoisotopic (exact) mass is 410 g/mol. The van der Waals surface area contributed by atoms with Crippen LogP contribution < -0.4 is 10.1 Å². The van der Waals surface area contributed by atoms with Crippen molar-refractivity contribution in [1.82, 2.24) is 14.8 Å². The molecule has 1 aromatic heterocycles. The van der Waals surface area contributed by atoms with Crippen LogP contribution >= 0.6 is 11.8 Å². The predicted octanol–water partition coefficient (Wildman–Crippen LogP) is 3.35. The first-order valence-corrected chi connectivity index (χ1v) is 9.99. The summed E-state index contributed by atoms with van der Waals surface area (Å²) < 4.78 is 7.06. The van der Waals surface area contributed by atoms with Crippen molar-refractivity contribution in [3.8, 4) is 5.75 Å². The van der Waals surface area contributed by atoms with Gasteiger partial charge in [0.25, 0.3) is 0 Å².